The molecule has 4 rings (SSSR count). The molecule has 1 heterocycles. The number of halogens is 1. The molecule has 0 bridgehead atoms. The molecule has 1 N–H and O–H groups in total. The first kappa shape index (κ1) is 21.5. The summed E-state index contributed by atoms with van der Waals surface area (Å²) in [5, 5.41) is 3.47. The number of thioether (sulfide) groups is 1. The predicted molar refractivity (Wildman–Crippen MR) is 128 cm³/mol. The van der Waals surface area contributed by atoms with Crippen LogP contribution >= 0.6 is 23.4 Å². The first-order valence-corrected chi connectivity index (χ1v) is 11.6. The van der Waals surface area contributed by atoms with E-state index in [1.165, 1.54) is 5.56 Å². The quantitative estimate of drug-likeness (QED) is 0.522. The van der Waals surface area contributed by atoms with Gasteiger partial charge in [0.15, 0.2) is 0 Å². The van der Waals surface area contributed by atoms with Crippen LogP contribution in [0.1, 0.15) is 32.4 Å². The van der Waals surface area contributed by atoms with Crippen LogP contribution in [-0.4, -0.2) is 29.0 Å². The Bertz CT molecular complexity index is 1090. The third kappa shape index (κ3) is 5.12. The maximum Gasteiger partial charge on any atom is 0.255 e. The van der Waals surface area contributed by atoms with Crippen LogP contribution in [0.15, 0.2) is 72.8 Å². The Morgan fingerprint density at radius 1 is 1.10 bits per heavy atom. The normalized spacial score (nSPS) is 15.9. The highest BCUT2D eigenvalue weighted by Gasteiger charge is 2.32. The monoisotopic (exact) mass is 450 g/mol. The molecular weight excluding hydrogens is 428 g/mol. The second-order valence-corrected chi connectivity index (χ2v) is 9.00. The summed E-state index contributed by atoms with van der Waals surface area (Å²) in [7, 11) is 0. The van der Waals surface area contributed by atoms with Crippen molar-refractivity contribution in [2.24, 2.45) is 0 Å². The van der Waals surface area contributed by atoms with E-state index in [1.54, 1.807) is 30.0 Å². The van der Waals surface area contributed by atoms with Crippen molar-refractivity contribution < 1.29 is 9.59 Å². The third-order valence-corrected chi connectivity index (χ3v) is 7.00. The molecular formula is C25H23ClN2O2S. The average Bonchev–Trinajstić information content (AvgIpc) is 3.16. The van der Waals surface area contributed by atoms with Gasteiger partial charge in [0.05, 0.1) is 5.75 Å². The van der Waals surface area contributed by atoms with Gasteiger partial charge < -0.3 is 10.2 Å². The number of amides is 2. The fraction of sp³-hybridized carbons (Fsp3) is 0.200. The molecule has 0 saturated carbocycles. The number of hydrogen-bond donors (Lipinski definition) is 1. The number of benzene rings is 3. The lowest BCUT2D eigenvalue weighted by Crippen LogP contribution is -2.30. The van der Waals surface area contributed by atoms with Crippen molar-refractivity contribution in [2.45, 2.75) is 18.7 Å². The Morgan fingerprint density at radius 3 is 2.55 bits per heavy atom. The van der Waals surface area contributed by atoms with Crippen LogP contribution in [0, 0.1) is 6.92 Å². The van der Waals surface area contributed by atoms with Gasteiger partial charge in [0.1, 0.15) is 5.37 Å². The van der Waals surface area contributed by atoms with Gasteiger partial charge in [-0.15, -0.1) is 11.8 Å². The number of carbonyl (C=O) groups is 2. The Labute approximate surface area is 191 Å². The van der Waals surface area contributed by atoms with Gasteiger partial charge in [-0.1, -0.05) is 60.1 Å². The van der Waals surface area contributed by atoms with Gasteiger partial charge in [-0.05, 0) is 54.3 Å². The Balaban J connectivity index is 1.43. The molecule has 31 heavy (non-hydrogen) atoms. The highest BCUT2D eigenvalue weighted by molar-refractivity contribution is 8.00. The summed E-state index contributed by atoms with van der Waals surface area (Å²) in [6.07, 6.45) is 0.823. The molecule has 1 fully saturated rings. The van der Waals surface area contributed by atoms with Crippen LogP contribution in [-0.2, 0) is 11.2 Å². The van der Waals surface area contributed by atoms with Crippen molar-refractivity contribution in [1.29, 1.82) is 0 Å². The first-order chi connectivity index (χ1) is 15.0. The molecule has 2 amide bonds. The summed E-state index contributed by atoms with van der Waals surface area (Å²) in [5.74, 6) is 0.446. The standard InChI is InChI=1S/C25H23ClN2O2S/c1-17-7-12-21(15-22(17)26)27-24(30)19-8-10-20(11-9-19)25-28(23(29)16-31-25)14-13-18-5-3-2-4-6-18/h2-12,15,25H,13-14,16H2,1H3,(H,27,30)/t25-/m1/s1. The Morgan fingerprint density at radius 2 is 1.84 bits per heavy atom. The van der Waals surface area contributed by atoms with E-state index in [0.717, 1.165) is 17.5 Å². The van der Waals surface area contributed by atoms with Gasteiger partial charge in [-0.25, -0.2) is 0 Å². The van der Waals surface area contributed by atoms with Gasteiger partial charge in [0.2, 0.25) is 5.91 Å². The van der Waals surface area contributed by atoms with Crippen LogP contribution in [0.5, 0.6) is 0 Å². The van der Waals surface area contributed by atoms with E-state index in [1.807, 2.05) is 54.3 Å². The lowest BCUT2D eigenvalue weighted by Gasteiger charge is -2.24. The maximum absolute atomic E-state index is 12.6. The summed E-state index contributed by atoms with van der Waals surface area (Å²) < 4.78 is 0. The smallest absolute Gasteiger partial charge is 0.255 e. The van der Waals surface area contributed by atoms with E-state index in [2.05, 4.69) is 17.4 Å². The maximum atomic E-state index is 12.6. The fourth-order valence-corrected chi connectivity index (χ4v) is 4.94. The van der Waals surface area contributed by atoms with E-state index in [9.17, 15) is 9.59 Å². The minimum absolute atomic E-state index is 0.0239. The molecule has 4 nitrogen and oxygen atoms in total. The lowest BCUT2D eigenvalue weighted by atomic mass is 10.1. The lowest BCUT2D eigenvalue weighted by molar-refractivity contribution is -0.128. The highest BCUT2D eigenvalue weighted by Crippen LogP contribution is 2.38. The number of rotatable bonds is 6. The number of nitrogens with one attached hydrogen (secondary N) is 1. The minimum Gasteiger partial charge on any atom is -0.326 e. The molecule has 0 aliphatic carbocycles. The number of nitrogens with zero attached hydrogens (tertiary/aromatic N) is 1. The van der Waals surface area contributed by atoms with Crippen molar-refractivity contribution >= 4 is 40.9 Å². The summed E-state index contributed by atoms with van der Waals surface area (Å²) in [6, 6.07) is 23.1. The van der Waals surface area contributed by atoms with Gasteiger partial charge in [-0.3, -0.25) is 9.59 Å². The zero-order valence-corrected chi connectivity index (χ0v) is 18.7. The van der Waals surface area contributed by atoms with Crippen molar-refractivity contribution in [3.63, 3.8) is 0 Å². The molecule has 1 aliphatic heterocycles. The number of carbonyl (C=O) groups excluding carboxylic acids is 2. The van der Waals surface area contributed by atoms with Crippen molar-refractivity contribution in [3.8, 4) is 0 Å². The Hall–Kier alpha value is -2.76. The topological polar surface area (TPSA) is 49.4 Å². The fourth-order valence-electron chi connectivity index (χ4n) is 3.54. The van der Waals surface area contributed by atoms with Gasteiger partial charge in [-0.2, -0.15) is 0 Å². The van der Waals surface area contributed by atoms with E-state index in [0.29, 0.717) is 28.6 Å². The minimum atomic E-state index is -0.192. The number of aryl methyl sites for hydroxylation is 1. The molecule has 0 unspecified atom stereocenters. The van der Waals surface area contributed by atoms with Crippen LogP contribution in [0.2, 0.25) is 5.02 Å². The molecule has 1 atom stereocenters. The molecule has 158 valence electrons. The van der Waals surface area contributed by atoms with Crippen LogP contribution < -0.4 is 5.32 Å². The molecule has 0 spiro atoms. The molecule has 1 aliphatic rings. The van der Waals surface area contributed by atoms with Gasteiger partial charge in [0, 0.05) is 22.8 Å². The van der Waals surface area contributed by atoms with E-state index in [4.69, 9.17) is 11.6 Å². The van der Waals surface area contributed by atoms with Gasteiger partial charge >= 0.3 is 0 Å². The first-order valence-electron chi connectivity index (χ1n) is 10.1. The summed E-state index contributed by atoms with van der Waals surface area (Å²) in [4.78, 5) is 27.0. The van der Waals surface area contributed by atoms with Gasteiger partial charge in [0.25, 0.3) is 5.91 Å². The molecule has 3 aromatic carbocycles. The molecule has 0 aromatic heterocycles. The highest BCUT2D eigenvalue weighted by atomic mass is 35.5. The number of hydrogen-bond acceptors (Lipinski definition) is 3. The molecule has 3 aromatic rings. The van der Waals surface area contributed by atoms with Crippen LogP contribution in [0.25, 0.3) is 0 Å². The van der Waals surface area contributed by atoms with Crippen LogP contribution in [0.4, 0.5) is 5.69 Å². The predicted octanol–water partition coefficient (Wildman–Crippen LogP) is 5.72. The second-order valence-electron chi connectivity index (χ2n) is 7.53. The summed E-state index contributed by atoms with van der Waals surface area (Å²) in [6.45, 7) is 2.60. The average molecular weight is 451 g/mol. The van der Waals surface area contributed by atoms with E-state index >= 15 is 0 Å². The van der Waals surface area contributed by atoms with Crippen LogP contribution in [0.3, 0.4) is 0 Å². The molecule has 1 saturated heterocycles. The zero-order valence-electron chi connectivity index (χ0n) is 17.2. The SMILES string of the molecule is Cc1ccc(NC(=O)c2ccc([C@H]3SCC(=O)N3CCc3ccccc3)cc2)cc1Cl. The van der Waals surface area contributed by atoms with Crippen molar-refractivity contribution in [3.05, 3.63) is 100 Å². The number of anilines is 1. The summed E-state index contributed by atoms with van der Waals surface area (Å²) in [5.41, 5.74) is 4.43. The Kier molecular flexibility index (Phi) is 6.64. The van der Waals surface area contributed by atoms with Crippen molar-refractivity contribution in [1.82, 2.24) is 4.90 Å². The zero-order chi connectivity index (χ0) is 21.8. The molecule has 6 heteroatoms. The van der Waals surface area contributed by atoms with E-state index < -0.39 is 0 Å². The largest absolute Gasteiger partial charge is 0.326 e. The van der Waals surface area contributed by atoms with E-state index in [-0.39, 0.29) is 17.2 Å². The third-order valence-electron chi connectivity index (χ3n) is 5.34. The second kappa shape index (κ2) is 9.58. The molecule has 0 radical (unpaired) electrons. The van der Waals surface area contributed by atoms with Crippen molar-refractivity contribution in [2.75, 3.05) is 17.6 Å². The summed E-state index contributed by atoms with van der Waals surface area (Å²) >= 11 is 7.77.